The van der Waals surface area contributed by atoms with E-state index in [2.05, 4.69) is 32.6 Å². The highest BCUT2D eigenvalue weighted by Crippen LogP contribution is 2.40. The number of nitrogens with zero attached hydrogens (tertiary/aromatic N) is 2. The summed E-state index contributed by atoms with van der Waals surface area (Å²) in [5.41, 5.74) is 1.02. The van der Waals surface area contributed by atoms with Crippen LogP contribution in [-0.4, -0.2) is 24.4 Å². The van der Waals surface area contributed by atoms with E-state index in [0.717, 1.165) is 47.4 Å². The summed E-state index contributed by atoms with van der Waals surface area (Å²) < 4.78 is 0. The van der Waals surface area contributed by atoms with Crippen molar-refractivity contribution in [1.82, 2.24) is 4.98 Å². The lowest BCUT2D eigenvalue weighted by Crippen LogP contribution is -2.27. The molecule has 1 aliphatic carbocycles. The normalized spacial score (nSPS) is 16.0. The van der Waals surface area contributed by atoms with Crippen LogP contribution in [-0.2, 0) is 5.41 Å². The molecule has 0 unspecified atom stereocenters. The summed E-state index contributed by atoms with van der Waals surface area (Å²) in [6.45, 7) is 11.1. The number of aromatic nitrogens is 1. The first-order valence-corrected chi connectivity index (χ1v) is 11.5. The first-order valence-electron chi connectivity index (χ1n) is 10.7. The van der Waals surface area contributed by atoms with E-state index in [0.29, 0.717) is 0 Å². The second-order valence-electron chi connectivity index (χ2n) is 8.61. The van der Waals surface area contributed by atoms with E-state index in [4.69, 9.17) is 4.98 Å². The minimum Gasteiger partial charge on any atom is -0.348 e. The van der Waals surface area contributed by atoms with E-state index in [-0.39, 0.29) is 5.41 Å². The Hall–Kier alpha value is -0.900. The molecule has 0 radical (unpaired) electrons. The average molecular weight is 379 g/mol. The van der Waals surface area contributed by atoms with E-state index >= 15 is 0 Å². The molecule has 1 aromatic heterocycles. The SMILES string of the molecule is CCCCN(CCCC)c1nc(C(C)(C)CC2CCCCC2)c(C=O)s1. The molecule has 1 fully saturated rings. The Labute approximate surface area is 164 Å². The van der Waals surface area contributed by atoms with Crippen LogP contribution in [0.25, 0.3) is 0 Å². The third kappa shape index (κ3) is 5.80. The summed E-state index contributed by atoms with van der Waals surface area (Å²) in [5, 5.41) is 1.06. The third-order valence-corrected chi connectivity index (χ3v) is 6.79. The van der Waals surface area contributed by atoms with E-state index in [1.165, 1.54) is 57.8 Å². The number of hydrogen-bond donors (Lipinski definition) is 0. The zero-order valence-electron chi connectivity index (χ0n) is 17.4. The fourth-order valence-corrected chi connectivity index (χ4v) is 5.34. The van der Waals surface area contributed by atoms with Crippen molar-refractivity contribution in [1.29, 1.82) is 0 Å². The predicted molar refractivity (Wildman–Crippen MR) is 114 cm³/mol. The molecule has 26 heavy (non-hydrogen) atoms. The van der Waals surface area contributed by atoms with Gasteiger partial charge < -0.3 is 4.90 Å². The zero-order valence-corrected chi connectivity index (χ0v) is 18.2. The molecule has 0 bridgehead atoms. The van der Waals surface area contributed by atoms with Crippen LogP contribution in [0.2, 0.25) is 0 Å². The number of unbranched alkanes of at least 4 members (excludes halogenated alkanes) is 2. The molecule has 4 heteroatoms. The molecule has 0 aliphatic heterocycles. The molecule has 1 saturated carbocycles. The number of rotatable bonds is 11. The second kappa shape index (κ2) is 10.4. The highest BCUT2D eigenvalue weighted by Gasteiger charge is 2.32. The number of carbonyl (C=O) groups excluding carboxylic acids is 1. The monoisotopic (exact) mass is 378 g/mol. The molecule has 0 saturated heterocycles. The van der Waals surface area contributed by atoms with Gasteiger partial charge in [0.05, 0.1) is 10.6 Å². The van der Waals surface area contributed by atoms with Crippen molar-refractivity contribution in [2.75, 3.05) is 18.0 Å². The zero-order chi connectivity index (χ0) is 19.0. The molecular formula is C22H38N2OS. The quantitative estimate of drug-likeness (QED) is 0.406. The molecule has 1 aromatic rings. The van der Waals surface area contributed by atoms with E-state index in [1.54, 1.807) is 11.3 Å². The fourth-order valence-electron chi connectivity index (χ4n) is 4.23. The van der Waals surface area contributed by atoms with E-state index in [1.807, 2.05) is 0 Å². The van der Waals surface area contributed by atoms with Crippen LogP contribution in [0.3, 0.4) is 0 Å². The van der Waals surface area contributed by atoms with Gasteiger partial charge in [-0.3, -0.25) is 4.79 Å². The number of thiazole rings is 1. The van der Waals surface area contributed by atoms with Gasteiger partial charge in [0.15, 0.2) is 11.4 Å². The Morgan fingerprint density at radius 3 is 2.27 bits per heavy atom. The van der Waals surface area contributed by atoms with Crippen LogP contribution in [0.4, 0.5) is 5.13 Å². The van der Waals surface area contributed by atoms with Gasteiger partial charge in [0.1, 0.15) is 0 Å². The number of carbonyl (C=O) groups is 1. The molecule has 0 amide bonds. The van der Waals surface area contributed by atoms with Crippen LogP contribution in [0, 0.1) is 5.92 Å². The molecule has 2 rings (SSSR count). The maximum Gasteiger partial charge on any atom is 0.186 e. The lowest BCUT2D eigenvalue weighted by atomic mass is 9.74. The molecular weight excluding hydrogens is 340 g/mol. The summed E-state index contributed by atoms with van der Waals surface area (Å²) >= 11 is 1.60. The first kappa shape index (κ1) is 21.4. The minimum atomic E-state index is -0.0197. The standard InChI is InChI=1S/C22H38N2OS/c1-5-7-14-24(15-8-6-2)21-23-20(19(17-25)26-21)22(3,4)16-18-12-10-9-11-13-18/h17-18H,5-16H2,1-4H3. The van der Waals surface area contributed by atoms with Crippen molar-refractivity contribution in [3.8, 4) is 0 Å². The molecule has 3 nitrogen and oxygen atoms in total. The smallest absolute Gasteiger partial charge is 0.186 e. The largest absolute Gasteiger partial charge is 0.348 e. The van der Waals surface area contributed by atoms with Crippen molar-refractivity contribution >= 4 is 22.8 Å². The van der Waals surface area contributed by atoms with Gasteiger partial charge in [-0.25, -0.2) is 4.98 Å². The van der Waals surface area contributed by atoms with Crippen molar-refractivity contribution in [2.24, 2.45) is 5.92 Å². The Kier molecular flexibility index (Phi) is 8.59. The van der Waals surface area contributed by atoms with Gasteiger partial charge in [-0.15, -0.1) is 0 Å². The second-order valence-corrected chi connectivity index (χ2v) is 9.62. The van der Waals surface area contributed by atoms with E-state index in [9.17, 15) is 4.79 Å². The topological polar surface area (TPSA) is 33.2 Å². The Morgan fingerprint density at radius 1 is 1.12 bits per heavy atom. The van der Waals surface area contributed by atoms with Crippen molar-refractivity contribution in [3.63, 3.8) is 0 Å². The number of hydrogen-bond acceptors (Lipinski definition) is 4. The van der Waals surface area contributed by atoms with Crippen molar-refractivity contribution in [2.45, 2.75) is 97.3 Å². The van der Waals surface area contributed by atoms with Crippen LogP contribution >= 0.6 is 11.3 Å². The van der Waals surface area contributed by atoms with Gasteiger partial charge in [-0.05, 0) is 25.2 Å². The third-order valence-electron chi connectivity index (χ3n) is 5.75. The van der Waals surface area contributed by atoms with Gasteiger partial charge in [0.2, 0.25) is 0 Å². The van der Waals surface area contributed by atoms with Crippen LogP contribution < -0.4 is 4.90 Å². The lowest BCUT2D eigenvalue weighted by Gasteiger charge is -2.31. The summed E-state index contributed by atoms with van der Waals surface area (Å²) in [4.78, 5) is 20.1. The average Bonchev–Trinajstić information content (AvgIpc) is 3.08. The Bertz CT molecular complexity index is 538. The molecule has 1 aliphatic rings. The highest BCUT2D eigenvalue weighted by molar-refractivity contribution is 7.17. The molecule has 0 N–H and O–H groups in total. The van der Waals surface area contributed by atoms with Crippen LogP contribution in [0.5, 0.6) is 0 Å². The molecule has 148 valence electrons. The van der Waals surface area contributed by atoms with Gasteiger partial charge >= 0.3 is 0 Å². The maximum absolute atomic E-state index is 11.8. The minimum absolute atomic E-state index is 0.0197. The van der Waals surface area contributed by atoms with Gasteiger partial charge in [-0.1, -0.05) is 84.0 Å². The van der Waals surface area contributed by atoms with Gasteiger partial charge in [0.25, 0.3) is 0 Å². The molecule has 1 heterocycles. The van der Waals surface area contributed by atoms with E-state index < -0.39 is 0 Å². The van der Waals surface area contributed by atoms with Crippen molar-refractivity contribution < 1.29 is 4.79 Å². The summed E-state index contributed by atoms with van der Waals surface area (Å²) in [7, 11) is 0. The number of aldehydes is 1. The van der Waals surface area contributed by atoms with Gasteiger partial charge in [0, 0.05) is 18.5 Å². The molecule has 0 atom stereocenters. The molecule has 0 spiro atoms. The fraction of sp³-hybridized carbons (Fsp3) is 0.818. The first-order chi connectivity index (χ1) is 12.5. The lowest BCUT2D eigenvalue weighted by molar-refractivity contribution is 0.112. The summed E-state index contributed by atoms with van der Waals surface area (Å²) in [6, 6.07) is 0. The van der Waals surface area contributed by atoms with Crippen molar-refractivity contribution in [3.05, 3.63) is 10.6 Å². The van der Waals surface area contributed by atoms with Gasteiger partial charge in [-0.2, -0.15) is 0 Å². The predicted octanol–water partition coefficient (Wildman–Crippen LogP) is 6.61. The maximum atomic E-state index is 11.8. The Morgan fingerprint density at radius 2 is 1.73 bits per heavy atom. The van der Waals surface area contributed by atoms with Crippen LogP contribution in [0.15, 0.2) is 0 Å². The van der Waals surface area contributed by atoms with Crippen LogP contribution in [0.1, 0.15) is 107 Å². The number of anilines is 1. The Balaban J connectivity index is 2.19. The highest BCUT2D eigenvalue weighted by atomic mass is 32.1. The summed E-state index contributed by atoms with van der Waals surface area (Å²) in [6.07, 6.45) is 13.7. The summed E-state index contributed by atoms with van der Waals surface area (Å²) in [5.74, 6) is 0.791. The molecule has 0 aromatic carbocycles.